The van der Waals surface area contributed by atoms with Crippen molar-refractivity contribution in [2.24, 2.45) is 4.99 Å². The number of hydrogen-bond acceptors (Lipinski definition) is 5. The highest BCUT2D eigenvalue weighted by Crippen LogP contribution is 2.27. The first kappa shape index (κ1) is 20.9. The molecule has 9 heteroatoms. The van der Waals surface area contributed by atoms with Gasteiger partial charge in [0.15, 0.2) is 5.82 Å². The molecule has 1 aliphatic rings. The van der Waals surface area contributed by atoms with E-state index in [-0.39, 0.29) is 5.91 Å². The minimum atomic E-state index is -0.563. The average Bonchev–Trinajstić information content (AvgIpc) is 3.06. The number of likely N-dealkylation sites (N-methyl/N-ethyl adjacent to an activating group) is 1. The second-order valence-electron chi connectivity index (χ2n) is 6.49. The number of hydrogen-bond donors (Lipinski definition) is 1. The second kappa shape index (κ2) is 9.09. The second-order valence-corrected chi connectivity index (χ2v) is 7.75. The van der Waals surface area contributed by atoms with Crippen molar-refractivity contribution in [2.75, 3.05) is 26.7 Å². The van der Waals surface area contributed by atoms with Gasteiger partial charge in [0.05, 0.1) is 0 Å². The first-order valence-corrected chi connectivity index (χ1v) is 9.77. The Morgan fingerprint density at radius 2 is 1.86 bits per heavy atom. The van der Waals surface area contributed by atoms with E-state index < -0.39 is 6.61 Å². The van der Waals surface area contributed by atoms with Gasteiger partial charge >= 0.3 is 0 Å². The minimum absolute atomic E-state index is 0.303. The van der Waals surface area contributed by atoms with Crippen LogP contribution >= 0.6 is 34.8 Å². The fraction of sp³-hybridized carbons (Fsp3) is 0.316. The standard InChI is InChI=1S/C19H19Cl3N4O2/c1-25(17-8-13-2-3-16(22)23-19(13)24-17)4-5-26(18(28)11-27)10-12-6-14(20)9-15(21)7-12/h2-3,6-7,9,27H,4-5,8,10-11H2,1H3. The van der Waals surface area contributed by atoms with Gasteiger partial charge in [-0.3, -0.25) is 4.79 Å². The molecule has 0 fully saturated rings. The summed E-state index contributed by atoms with van der Waals surface area (Å²) in [6.07, 6.45) is 0.661. The molecule has 0 saturated carbocycles. The van der Waals surface area contributed by atoms with Crippen molar-refractivity contribution >= 4 is 52.4 Å². The third kappa shape index (κ3) is 5.14. The van der Waals surface area contributed by atoms with Crippen LogP contribution in [0, 0.1) is 0 Å². The van der Waals surface area contributed by atoms with E-state index in [2.05, 4.69) is 9.98 Å². The molecule has 0 spiro atoms. The lowest BCUT2D eigenvalue weighted by atomic mass is 10.2. The van der Waals surface area contributed by atoms with Gasteiger partial charge in [0.25, 0.3) is 0 Å². The van der Waals surface area contributed by atoms with Crippen molar-refractivity contribution in [3.63, 3.8) is 0 Å². The van der Waals surface area contributed by atoms with Gasteiger partial charge in [-0.2, -0.15) is 0 Å². The normalized spacial score (nSPS) is 12.5. The molecule has 6 nitrogen and oxygen atoms in total. The van der Waals surface area contributed by atoms with E-state index in [4.69, 9.17) is 34.8 Å². The van der Waals surface area contributed by atoms with Gasteiger partial charge in [0.1, 0.15) is 17.6 Å². The maximum atomic E-state index is 12.2. The molecule has 0 unspecified atom stereocenters. The minimum Gasteiger partial charge on any atom is -0.387 e. The van der Waals surface area contributed by atoms with Crippen molar-refractivity contribution in [2.45, 2.75) is 13.0 Å². The van der Waals surface area contributed by atoms with E-state index in [9.17, 15) is 9.90 Å². The van der Waals surface area contributed by atoms with Crippen LogP contribution in [0.4, 0.5) is 5.82 Å². The molecule has 1 aliphatic heterocycles. The fourth-order valence-electron chi connectivity index (χ4n) is 2.96. The number of halogens is 3. The zero-order valence-electron chi connectivity index (χ0n) is 15.2. The zero-order valence-corrected chi connectivity index (χ0v) is 17.5. The number of aliphatic hydroxyl groups is 1. The molecule has 28 heavy (non-hydrogen) atoms. The van der Waals surface area contributed by atoms with Gasteiger partial charge in [-0.1, -0.05) is 40.9 Å². The highest BCUT2D eigenvalue weighted by molar-refractivity contribution is 6.34. The highest BCUT2D eigenvalue weighted by Gasteiger charge is 2.21. The molecule has 2 heterocycles. The quantitative estimate of drug-likeness (QED) is 0.696. The lowest BCUT2D eigenvalue weighted by molar-refractivity contribution is -0.134. The summed E-state index contributed by atoms with van der Waals surface area (Å²) in [6.45, 7) is 0.689. The Kier molecular flexibility index (Phi) is 6.78. The summed E-state index contributed by atoms with van der Waals surface area (Å²) in [5.74, 6) is 1.12. The summed E-state index contributed by atoms with van der Waals surface area (Å²) in [7, 11) is 1.91. The Morgan fingerprint density at radius 3 is 2.54 bits per heavy atom. The van der Waals surface area contributed by atoms with Crippen molar-refractivity contribution in [1.82, 2.24) is 14.8 Å². The van der Waals surface area contributed by atoms with Crippen LogP contribution in [0.5, 0.6) is 0 Å². The lowest BCUT2D eigenvalue weighted by Gasteiger charge is -2.26. The molecule has 148 valence electrons. The molecular weight excluding hydrogens is 423 g/mol. The smallest absolute Gasteiger partial charge is 0.248 e. The lowest BCUT2D eigenvalue weighted by Crippen LogP contribution is -2.40. The zero-order chi connectivity index (χ0) is 20.3. The predicted octanol–water partition coefficient (Wildman–Crippen LogP) is 3.58. The topological polar surface area (TPSA) is 69.0 Å². The monoisotopic (exact) mass is 440 g/mol. The molecule has 1 aromatic carbocycles. The van der Waals surface area contributed by atoms with E-state index in [0.29, 0.717) is 47.1 Å². The number of aliphatic hydroxyl groups excluding tert-OH is 1. The van der Waals surface area contributed by atoms with Gasteiger partial charge < -0.3 is 14.9 Å². The first-order valence-electron chi connectivity index (χ1n) is 8.63. The molecule has 2 aromatic rings. The van der Waals surface area contributed by atoms with Crippen molar-refractivity contribution in [3.8, 4) is 0 Å². The number of pyridine rings is 1. The van der Waals surface area contributed by atoms with E-state index in [0.717, 1.165) is 17.0 Å². The predicted molar refractivity (Wildman–Crippen MR) is 112 cm³/mol. The van der Waals surface area contributed by atoms with E-state index in [1.807, 2.05) is 18.0 Å². The van der Waals surface area contributed by atoms with Crippen LogP contribution < -0.4 is 0 Å². The summed E-state index contributed by atoms with van der Waals surface area (Å²) in [6, 6.07) is 8.80. The number of aliphatic imine (C=N–C) groups is 1. The molecule has 0 saturated heterocycles. The highest BCUT2D eigenvalue weighted by atomic mass is 35.5. The Hall–Kier alpha value is -1.86. The molecule has 1 N–H and O–H groups in total. The molecule has 0 radical (unpaired) electrons. The van der Waals surface area contributed by atoms with Gasteiger partial charge in [-0.25, -0.2) is 9.98 Å². The largest absolute Gasteiger partial charge is 0.387 e. The molecule has 0 bridgehead atoms. The fourth-order valence-corrected chi connectivity index (χ4v) is 3.67. The van der Waals surface area contributed by atoms with Crippen molar-refractivity contribution in [1.29, 1.82) is 0 Å². The molecule has 3 rings (SSSR count). The van der Waals surface area contributed by atoms with Crippen molar-refractivity contribution in [3.05, 3.63) is 56.7 Å². The number of amidine groups is 1. The van der Waals surface area contributed by atoms with Crippen LogP contribution in [0.15, 0.2) is 35.3 Å². The maximum Gasteiger partial charge on any atom is 0.248 e. The van der Waals surface area contributed by atoms with Gasteiger partial charge in [0.2, 0.25) is 5.91 Å². The summed E-state index contributed by atoms with van der Waals surface area (Å²) in [4.78, 5) is 24.5. The Balaban J connectivity index is 1.65. The van der Waals surface area contributed by atoms with E-state index in [1.54, 1.807) is 29.2 Å². The van der Waals surface area contributed by atoms with Gasteiger partial charge in [-0.05, 0) is 29.8 Å². The maximum absolute atomic E-state index is 12.2. The van der Waals surface area contributed by atoms with Gasteiger partial charge in [0, 0.05) is 48.7 Å². The van der Waals surface area contributed by atoms with E-state index >= 15 is 0 Å². The number of carbonyl (C=O) groups excluding carboxylic acids is 1. The molecule has 0 atom stereocenters. The SMILES string of the molecule is CN(CCN(Cc1cc(Cl)cc(Cl)c1)C(=O)CO)C1=Nc2nc(Cl)ccc2C1. The van der Waals surface area contributed by atoms with Crippen LogP contribution in [-0.4, -0.2) is 58.4 Å². The summed E-state index contributed by atoms with van der Waals surface area (Å²) >= 11 is 18.0. The van der Waals surface area contributed by atoms with Crippen LogP contribution in [0.2, 0.25) is 15.2 Å². The number of amides is 1. The van der Waals surface area contributed by atoms with Crippen LogP contribution in [0.3, 0.4) is 0 Å². The number of rotatable bonds is 6. The first-order chi connectivity index (χ1) is 13.4. The molecule has 1 aromatic heterocycles. The van der Waals surface area contributed by atoms with Crippen LogP contribution in [0.25, 0.3) is 0 Å². The van der Waals surface area contributed by atoms with Gasteiger partial charge in [-0.15, -0.1) is 0 Å². The number of nitrogens with zero attached hydrogens (tertiary/aromatic N) is 4. The molecular formula is C19H19Cl3N4O2. The molecule has 0 aliphatic carbocycles. The van der Waals surface area contributed by atoms with E-state index in [1.165, 1.54) is 0 Å². The Morgan fingerprint density at radius 1 is 1.14 bits per heavy atom. The summed E-state index contributed by atoms with van der Waals surface area (Å²) in [5.41, 5.74) is 1.81. The Labute approximate surface area is 178 Å². The third-order valence-corrected chi connectivity index (χ3v) is 5.08. The molecule has 1 amide bonds. The summed E-state index contributed by atoms with van der Waals surface area (Å²) in [5, 5.41) is 10.7. The Bertz CT molecular complexity index is 900. The average molecular weight is 442 g/mol. The number of aromatic nitrogens is 1. The number of fused-ring (bicyclic) bond motifs is 1. The van der Waals surface area contributed by atoms with Crippen LogP contribution in [-0.2, 0) is 17.8 Å². The number of carbonyl (C=O) groups is 1. The third-order valence-electron chi connectivity index (χ3n) is 4.44. The van der Waals surface area contributed by atoms with Crippen LogP contribution in [0.1, 0.15) is 11.1 Å². The summed E-state index contributed by atoms with van der Waals surface area (Å²) < 4.78 is 0. The number of benzene rings is 1. The van der Waals surface area contributed by atoms with Crippen molar-refractivity contribution < 1.29 is 9.90 Å².